The van der Waals surface area contributed by atoms with Gasteiger partial charge in [-0.1, -0.05) is 25.0 Å². The van der Waals surface area contributed by atoms with Crippen LogP contribution in [0.5, 0.6) is 5.75 Å². The largest absolute Gasteiger partial charge is 0.491 e. The highest BCUT2D eigenvalue weighted by atomic mass is 16.5. The number of rotatable bonds is 4. The fourth-order valence-corrected chi connectivity index (χ4v) is 2.57. The van der Waals surface area contributed by atoms with Gasteiger partial charge in [-0.3, -0.25) is 0 Å². The summed E-state index contributed by atoms with van der Waals surface area (Å²) in [6.07, 6.45) is 4.71. The van der Waals surface area contributed by atoms with Gasteiger partial charge in [0.25, 0.3) is 0 Å². The maximum absolute atomic E-state index is 12.0. The molecule has 1 aliphatic rings. The van der Waals surface area contributed by atoms with Crippen LogP contribution in [-0.2, 0) is 0 Å². The normalized spacial score (nSPS) is 15.4. The van der Waals surface area contributed by atoms with Gasteiger partial charge in [0.15, 0.2) is 0 Å². The second-order valence-electron chi connectivity index (χ2n) is 5.75. The van der Waals surface area contributed by atoms with Gasteiger partial charge in [-0.25, -0.2) is 4.79 Å². The lowest BCUT2D eigenvalue weighted by Gasteiger charge is -2.20. The van der Waals surface area contributed by atoms with E-state index in [0.717, 1.165) is 37.2 Å². The lowest BCUT2D eigenvalue weighted by atomic mass is 10.1. The number of carbonyl (C=O) groups excluding carboxylic acids is 1. The third kappa shape index (κ3) is 4.96. The van der Waals surface area contributed by atoms with Crippen LogP contribution < -0.4 is 10.1 Å². The van der Waals surface area contributed by atoms with Crippen molar-refractivity contribution in [3.8, 4) is 5.75 Å². The first-order valence-corrected chi connectivity index (χ1v) is 7.89. The molecule has 1 heterocycles. The molecule has 21 heavy (non-hydrogen) atoms. The van der Waals surface area contributed by atoms with E-state index in [1.54, 1.807) is 0 Å². The van der Waals surface area contributed by atoms with Gasteiger partial charge < -0.3 is 15.0 Å². The second-order valence-corrected chi connectivity index (χ2v) is 5.75. The van der Waals surface area contributed by atoms with Crippen molar-refractivity contribution >= 4 is 6.03 Å². The standard InChI is InChI=1S/C17H26N2O2/c1-14-7-8-15(2)16(13-14)21-12-9-18-17(20)19-10-5-3-4-6-11-19/h7-8,13H,3-6,9-12H2,1-2H3,(H,18,20). The molecule has 4 nitrogen and oxygen atoms in total. The van der Waals surface area contributed by atoms with E-state index in [2.05, 4.69) is 17.4 Å². The Hall–Kier alpha value is -1.71. The van der Waals surface area contributed by atoms with E-state index in [4.69, 9.17) is 4.74 Å². The number of benzene rings is 1. The molecule has 4 heteroatoms. The highest BCUT2D eigenvalue weighted by Crippen LogP contribution is 2.18. The summed E-state index contributed by atoms with van der Waals surface area (Å²) in [5.74, 6) is 0.902. The second kappa shape index (κ2) is 7.91. The molecule has 0 saturated carbocycles. The Balaban J connectivity index is 1.71. The molecule has 0 bridgehead atoms. The van der Waals surface area contributed by atoms with Crippen molar-refractivity contribution in [1.82, 2.24) is 10.2 Å². The molecule has 1 saturated heterocycles. The van der Waals surface area contributed by atoms with Crippen molar-refractivity contribution in [3.63, 3.8) is 0 Å². The van der Waals surface area contributed by atoms with Gasteiger partial charge in [0.1, 0.15) is 12.4 Å². The summed E-state index contributed by atoms with van der Waals surface area (Å²) in [5, 5.41) is 2.95. The fraction of sp³-hybridized carbons (Fsp3) is 0.588. The van der Waals surface area contributed by atoms with Gasteiger partial charge in [-0.15, -0.1) is 0 Å². The first kappa shape index (κ1) is 15.7. The molecule has 0 atom stereocenters. The monoisotopic (exact) mass is 290 g/mol. The van der Waals surface area contributed by atoms with Crippen LogP contribution in [0.25, 0.3) is 0 Å². The van der Waals surface area contributed by atoms with Crippen LogP contribution >= 0.6 is 0 Å². The number of ether oxygens (including phenoxy) is 1. The SMILES string of the molecule is Cc1ccc(C)c(OCCNC(=O)N2CCCCCC2)c1. The third-order valence-corrected chi connectivity index (χ3v) is 3.87. The van der Waals surface area contributed by atoms with Crippen LogP contribution in [0.3, 0.4) is 0 Å². The smallest absolute Gasteiger partial charge is 0.317 e. The van der Waals surface area contributed by atoms with Gasteiger partial charge >= 0.3 is 6.03 Å². The van der Waals surface area contributed by atoms with Crippen LogP contribution in [0, 0.1) is 13.8 Å². The number of amides is 2. The summed E-state index contributed by atoms with van der Waals surface area (Å²) >= 11 is 0. The van der Waals surface area contributed by atoms with Gasteiger partial charge in [0, 0.05) is 13.1 Å². The predicted molar refractivity (Wildman–Crippen MR) is 84.9 cm³/mol. The number of hydrogen-bond donors (Lipinski definition) is 1. The van der Waals surface area contributed by atoms with Crippen LogP contribution in [0.15, 0.2) is 18.2 Å². The van der Waals surface area contributed by atoms with Gasteiger partial charge in [0.2, 0.25) is 0 Å². The first-order valence-electron chi connectivity index (χ1n) is 7.89. The summed E-state index contributed by atoms with van der Waals surface area (Å²) in [6, 6.07) is 6.21. The van der Waals surface area contributed by atoms with Crippen molar-refractivity contribution in [2.45, 2.75) is 39.5 Å². The van der Waals surface area contributed by atoms with Crippen molar-refractivity contribution in [2.75, 3.05) is 26.2 Å². The summed E-state index contributed by atoms with van der Waals surface area (Å²) in [6.45, 7) is 6.89. The Bertz CT molecular complexity index is 466. The van der Waals surface area contributed by atoms with E-state index < -0.39 is 0 Å². The minimum absolute atomic E-state index is 0.0430. The summed E-state index contributed by atoms with van der Waals surface area (Å²) in [5.41, 5.74) is 2.31. The molecular weight excluding hydrogens is 264 g/mol. The summed E-state index contributed by atoms with van der Waals surface area (Å²) < 4.78 is 5.75. The average molecular weight is 290 g/mol. The lowest BCUT2D eigenvalue weighted by molar-refractivity contribution is 0.196. The van der Waals surface area contributed by atoms with Crippen molar-refractivity contribution in [2.24, 2.45) is 0 Å². The molecule has 0 unspecified atom stereocenters. The molecule has 2 rings (SSSR count). The first-order chi connectivity index (χ1) is 10.2. The highest BCUT2D eigenvalue weighted by molar-refractivity contribution is 5.74. The minimum atomic E-state index is 0.0430. The average Bonchev–Trinajstić information content (AvgIpc) is 2.76. The molecule has 1 N–H and O–H groups in total. The Morgan fingerprint density at radius 2 is 1.90 bits per heavy atom. The predicted octanol–water partition coefficient (Wildman–Crippen LogP) is 3.27. The molecule has 1 fully saturated rings. The van der Waals surface area contributed by atoms with E-state index in [9.17, 15) is 4.79 Å². The number of carbonyl (C=O) groups is 1. The number of nitrogens with one attached hydrogen (secondary N) is 1. The maximum atomic E-state index is 12.0. The van der Waals surface area contributed by atoms with Crippen LogP contribution in [-0.4, -0.2) is 37.2 Å². The topological polar surface area (TPSA) is 41.6 Å². The van der Waals surface area contributed by atoms with E-state index in [0.29, 0.717) is 13.2 Å². The van der Waals surface area contributed by atoms with Gasteiger partial charge in [-0.2, -0.15) is 0 Å². The van der Waals surface area contributed by atoms with E-state index in [1.807, 2.05) is 24.8 Å². The third-order valence-electron chi connectivity index (χ3n) is 3.87. The minimum Gasteiger partial charge on any atom is -0.491 e. The fourth-order valence-electron chi connectivity index (χ4n) is 2.57. The Labute approximate surface area is 127 Å². The summed E-state index contributed by atoms with van der Waals surface area (Å²) in [7, 11) is 0. The van der Waals surface area contributed by atoms with E-state index in [1.165, 1.54) is 18.4 Å². The zero-order valence-corrected chi connectivity index (χ0v) is 13.2. The summed E-state index contributed by atoms with van der Waals surface area (Å²) in [4.78, 5) is 14.0. The number of aryl methyl sites for hydroxylation is 2. The molecule has 0 spiro atoms. The molecule has 116 valence electrons. The van der Waals surface area contributed by atoms with Gasteiger partial charge in [0.05, 0.1) is 6.54 Å². The number of urea groups is 1. The van der Waals surface area contributed by atoms with Crippen LogP contribution in [0.1, 0.15) is 36.8 Å². The van der Waals surface area contributed by atoms with Crippen LogP contribution in [0.2, 0.25) is 0 Å². The maximum Gasteiger partial charge on any atom is 0.317 e. The van der Waals surface area contributed by atoms with Crippen molar-refractivity contribution in [1.29, 1.82) is 0 Å². The molecule has 1 aromatic carbocycles. The van der Waals surface area contributed by atoms with Crippen LogP contribution in [0.4, 0.5) is 4.79 Å². The highest BCUT2D eigenvalue weighted by Gasteiger charge is 2.14. The molecule has 1 aliphatic heterocycles. The zero-order valence-electron chi connectivity index (χ0n) is 13.2. The Morgan fingerprint density at radius 1 is 1.19 bits per heavy atom. The van der Waals surface area contributed by atoms with Crippen molar-refractivity contribution in [3.05, 3.63) is 29.3 Å². The van der Waals surface area contributed by atoms with Crippen molar-refractivity contribution < 1.29 is 9.53 Å². The molecule has 0 radical (unpaired) electrons. The Kier molecular flexibility index (Phi) is 5.90. The Morgan fingerprint density at radius 3 is 2.62 bits per heavy atom. The molecule has 0 aliphatic carbocycles. The quantitative estimate of drug-likeness (QED) is 0.865. The molecule has 0 aromatic heterocycles. The van der Waals surface area contributed by atoms with E-state index >= 15 is 0 Å². The number of hydrogen-bond acceptors (Lipinski definition) is 2. The zero-order chi connectivity index (χ0) is 15.1. The lowest BCUT2D eigenvalue weighted by Crippen LogP contribution is -2.41. The molecule has 2 amide bonds. The molecular formula is C17H26N2O2. The van der Waals surface area contributed by atoms with Gasteiger partial charge in [-0.05, 0) is 43.9 Å². The molecule has 1 aromatic rings. The van der Waals surface area contributed by atoms with E-state index in [-0.39, 0.29) is 6.03 Å². The number of likely N-dealkylation sites (tertiary alicyclic amines) is 1. The number of nitrogens with zero attached hydrogens (tertiary/aromatic N) is 1.